The molecule has 3 rings (SSSR count). The van der Waals surface area contributed by atoms with Crippen LogP contribution in [0.4, 0.5) is 23.2 Å². The normalized spacial score (nSPS) is 20.1. The molecule has 1 aromatic rings. The molecule has 0 amide bonds. The van der Waals surface area contributed by atoms with Gasteiger partial charge in [0.1, 0.15) is 5.69 Å². The Hall–Kier alpha value is -1.30. The number of piperidine rings is 2. The van der Waals surface area contributed by atoms with Crippen molar-refractivity contribution in [3.8, 4) is 0 Å². The van der Waals surface area contributed by atoms with Crippen LogP contribution >= 0.6 is 0 Å². The number of benzene rings is 1. The zero-order valence-corrected chi connectivity index (χ0v) is 13.2. The molecule has 0 unspecified atom stereocenters. The molecule has 0 aromatic heterocycles. The summed E-state index contributed by atoms with van der Waals surface area (Å²) in [7, 11) is 0. The summed E-state index contributed by atoms with van der Waals surface area (Å²) in [5.74, 6) is -4.99. The number of halogens is 4. The van der Waals surface area contributed by atoms with Crippen LogP contribution in [0.3, 0.4) is 0 Å². The Morgan fingerprint density at radius 1 is 0.609 bits per heavy atom. The van der Waals surface area contributed by atoms with Crippen LogP contribution in [-0.2, 0) is 6.54 Å². The first kappa shape index (κ1) is 16.6. The van der Waals surface area contributed by atoms with Gasteiger partial charge in [0.05, 0.1) is 0 Å². The summed E-state index contributed by atoms with van der Waals surface area (Å²) in [5.41, 5.74) is -1.02. The predicted octanol–water partition coefficient (Wildman–Crippen LogP) is 4.22. The topological polar surface area (TPSA) is 6.48 Å². The lowest BCUT2D eigenvalue weighted by Gasteiger charge is -2.31. The third-order valence-electron chi connectivity index (χ3n) is 4.83. The van der Waals surface area contributed by atoms with E-state index in [0.717, 1.165) is 38.5 Å². The van der Waals surface area contributed by atoms with E-state index >= 15 is 0 Å². The van der Waals surface area contributed by atoms with E-state index in [0.29, 0.717) is 26.2 Å². The Morgan fingerprint density at radius 3 is 1.61 bits per heavy atom. The highest BCUT2D eigenvalue weighted by Crippen LogP contribution is 2.33. The maximum Gasteiger partial charge on any atom is 0.185 e. The number of nitrogens with zero attached hydrogens (tertiary/aromatic N) is 2. The summed E-state index contributed by atoms with van der Waals surface area (Å²) < 4.78 is 57.6. The van der Waals surface area contributed by atoms with Crippen molar-refractivity contribution < 1.29 is 17.6 Å². The summed E-state index contributed by atoms with van der Waals surface area (Å²) >= 11 is 0. The van der Waals surface area contributed by atoms with Crippen LogP contribution in [0, 0.1) is 23.3 Å². The highest BCUT2D eigenvalue weighted by atomic mass is 19.2. The molecule has 2 fully saturated rings. The van der Waals surface area contributed by atoms with Crippen molar-refractivity contribution in [1.29, 1.82) is 0 Å². The molecule has 1 aromatic carbocycles. The molecule has 0 radical (unpaired) electrons. The number of hydrogen-bond donors (Lipinski definition) is 0. The second kappa shape index (κ2) is 7.07. The highest BCUT2D eigenvalue weighted by Gasteiger charge is 2.30. The number of anilines is 1. The standard InChI is InChI=1S/C17H22F4N2/c18-13-12(11-22-7-3-1-4-8-22)14(19)16(21)17(15(13)20)23-9-5-2-6-10-23/h1-11H2. The monoisotopic (exact) mass is 330 g/mol. The van der Waals surface area contributed by atoms with E-state index < -0.39 is 34.5 Å². The van der Waals surface area contributed by atoms with Gasteiger partial charge in [-0.25, -0.2) is 17.6 Å². The van der Waals surface area contributed by atoms with Gasteiger partial charge in [-0.3, -0.25) is 4.90 Å². The Bertz CT molecular complexity index is 535. The SMILES string of the molecule is Fc1c(F)c(N2CCCCC2)c(F)c(F)c1CN1CCCCC1. The first-order valence-corrected chi connectivity index (χ1v) is 8.41. The van der Waals surface area contributed by atoms with Gasteiger partial charge >= 0.3 is 0 Å². The summed E-state index contributed by atoms with van der Waals surface area (Å²) in [6.07, 6.45) is 5.49. The Kier molecular flexibility index (Phi) is 5.09. The van der Waals surface area contributed by atoms with Crippen molar-refractivity contribution in [3.05, 3.63) is 28.8 Å². The lowest BCUT2D eigenvalue weighted by atomic mass is 10.1. The predicted molar refractivity (Wildman–Crippen MR) is 81.5 cm³/mol. The van der Waals surface area contributed by atoms with E-state index in [9.17, 15) is 17.6 Å². The summed E-state index contributed by atoms with van der Waals surface area (Å²) in [6, 6.07) is 0. The summed E-state index contributed by atoms with van der Waals surface area (Å²) in [6.45, 7) is 2.19. The average molecular weight is 330 g/mol. The molecule has 2 heterocycles. The second-order valence-corrected chi connectivity index (χ2v) is 6.47. The fraction of sp³-hybridized carbons (Fsp3) is 0.647. The molecular formula is C17H22F4N2. The van der Waals surface area contributed by atoms with Gasteiger partial charge in [0.15, 0.2) is 23.3 Å². The highest BCUT2D eigenvalue weighted by molar-refractivity contribution is 5.52. The molecule has 0 saturated carbocycles. The van der Waals surface area contributed by atoms with Crippen LogP contribution in [0.15, 0.2) is 0 Å². The van der Waals surface area contributed by atoms with Gasteiger partial charge in [0.25, 0.3) is 0 Å². The van der Waals surface area contributed by atoms with Crippen LogP contribution in [-0.4, -0.2) is 31.1 Å². The maximum absolute atomic E-state index is 14.4. The second-order valence-electron chi connectivity index (χ2n) is 6.47. The van der Waals surface area contributed by atoms with Crippen LogP contribution in [0.5, 0.6) is 0 Å². The quantitative estimate of drug-likeness (QED) is 0.605. The average Bonchev–Trinajstić information content (AvgIpc) is 2.59. The summed E-state index contributed by atoms with van der Waals surface area (Å²) in [4.78, 5) is 3.27. The lowest BCUT2D eigenvalue weighted by molar-refractivity contribution is 0.213. The minimum atomic E-state index is -1.25. The van der Waals surface area contributed by atoms with Crippen molar-refractivity contribution in [1.82, 2.24) is 4.90 Å². The fourth-order valence-electron chi connectivity index (χ4n) is 3.54. The molecule has 0 atom stereocenters. The first-order chi connectivity index (χ1) is 11.1. The lowest BCUT2D eigenvalue weighted by Crippen LogP contribution is -2.33. The molecule has 0 spiro atoms. The van der Waals surface area contributed by atoms with Gasteiger partial charge in [-0.1, -0.05) is 6.42 Å². The van der Waals surface area contributed by atoms with Gasteiger partial charge in [-0.15, -0.1) is 0 Å². The molecule has 0 aliphatic carbocycles. The van der Waals surface area contributed by atoms with Crippen molar-refractivity contribution in [2.24, 2.45) is 0 Å². The Morgan fingerprint density at radius 2 is 1.09 bits per heavy atom. The van der Waals surface area contributed by atoms with Crippen LogP contribution in [0.1, 0.15) is 44.1 Å². The first-order valence-electron chi connectivity index (χ1n) is 8.41. The van der Waals surface area contributed by atoms with Crippen LogP contribution in [0.2, 0.25) is 0 Å². The van der Waals surface area contributed by atoms with E-state index in [4.69, 9.17) is 0 Å². The molecule has 2 saturated heterocycles. The molecule has 2 aliphatic heterocycles. The Labute approximate surface area is 134 Å². The molecule has 128 valence electrons. The van der Waals surface area contributed by atoms with E-state index in [1.54, 1.807) is 0 Å². The zero-order valence-electron chi connectivity index (χ0n) is 13.2. The molecule has 0 bridgehead atoms. The molecule has 23 heavy (non-hydrogen) atoms. The summed E-state index contributed by atoms with van der Waals surface area (Å²) in [5, 5.41) is 0. The molecule has 2 nitrogen and oxygen atoms in total. The van der Waals surface area contributed by atoms with Gasteiger partial charge in [0, 0.05) is 25.2 Å². The van der Waals surface area contributed by atoms with E-state index in [2.05, 4.69) is 0 Å². The molecule has 2 aliphatic rings. The smallest absolute Gasteiger partial charge is 0.185 e. The van der Waals surface area contributed by atoms with Crippen molar-refractivity contribution in [2.45, 2.75) is 45.1 Å². The van der Waals surface area contributed by atoms with Crippen molar-refractivity contribution in [3.63, 3.8) is 0 Å². The number of likely N-dealkylation sites (tertiary alicyclic amines) is 1. The molecule has 0 N–H and O–H groups in total. The van der Waals surface area contributed by atoms with Gasteiger partial charge in [-0.05, 0) is 45.2 Å². The number of hydrogen-bond acceptors (Lipinski definition) is 2. The third-order valence-corrected chi connectivity index (χ3v) is 4.83. The van der Waals surface area contributed by atoms with E-state index in [1.807, 2.05) is 4.90 Å². The third kappa shape index (κ3) is 3.32. The maximum atomic E-state index is 14.4. The zero-order chi connectivity index (χ0) is 16.4. The van der Waals surface area contributed by atoms with Gasteiger partial charge in [0.2, 0.25) is 0 Å². The molecule has 6 heteroatoms. The Balaban J connectivity index is 1.92. The van der Waals surface area contributed by atoms with Crippen LogP contribution < -0.4 is 4.90 Å². The van der Waals surface area contributed by atoms with Crippen molar-refractivity contribution in [2.75, 3.05) is 31.1 Å². The number of rotatable bonds is 3. The fourth-order valence-corrected chi connectivity index (χ4v) is 3.54. The minimum Gasteiger partial charge on any atom is -0.367 e. The van der Waals surface area contributed by atoms with E-state index in [-0.39, 0.29) is 6.54 Å². The van der Waals surface area contributed by atoms with Gasteiger partial charge in [-0.2, -0.15) is 0 Å². The van der Waals surface area contributed by atoms with E-state index in [1.165, 1.54) is 4.90 Å². The van der Waals surface area contributed by atoms with Gasteiger partial charge < -0.3 is 4.90 Å². The largest absolute Gasteiger partial charge is 0.367 e. The minimum absolute atomic E-state index is 0.0776. The molecular weight excluding hydrogens is 308 g/mol. The van der Waals surface area contributed by atoms with Crippen LogP contribution in [0.25, 0.3) is 0 Å². The van der Waals surface area contributed by atoms with Crippen molar-refractivity contribution >= 4 is 5.69 Å².